The summed E-state index contributed by atoms with van der Waals surface area (Å²) in [7, 11) is 1.42. The van der Waals surface area contributed by atoms with Crippen LogP contribution in [-0.4, -0.2) is 19.2 Å². The maximum atomic E-state index is 11.1. The van der Waals surface area contributed by atoms with Gasteiger partial charge in [0.15, 0.2) is 0 Å². The second kappa shape index (κ2) is 3.79. The zero-order valence-corrected chi connectivity index (χ0v) is 8.95. The third kappa shape index (κ3) is 1.72. The number of carbonyl (C=O) groups is 1. The summed E-state index contributed by atoms with van der Waals surface area (Å²) in [5.41, 5.74) is 0. The molecule has 1 N–H and O–H groups in total. The second-order valence-electron chi connectivity index (χ2n) is 4.76. The molecule has 3 nitrogen and oxygen atoms in total. The smallest absolute Gasteiger partial charge is 0.407 e. The zero-order chi connectivity index (χ0) is 10.1. The summed E-state index contributed by atoms with van der Waals surface area (Å²) in [4.78, 5) is 11.1. The van der Waals surface area contributed by atoms with Gasteiger partial charge in [0.2, 0.25) is 0 Å². The molecule has 2 rings (SSSR count). The van der Waals surface area contributed by atoms with Crippen LogP contribution >= 0.6 is 0 Å². The number of hydrogen-bond acceptors (Lipinski definition) is 2. The van der Waals surface area contributed by atoms with Gasteiger partial charge in [0.25, 0.3) is 0 Å². The maximum Gasteiger partial charge on any atom is 0.407 e. The first-order valence-electron chi connectivity index (χ1n) is 5.55. The van der Waals surface area contributed by atoms with Gasteiger partial charge in [-0.05, 0) is 43.9 Å². The van der Waals surface area contributed by atoms with E-state index in [0.717, 1.165) is 11.8 Å². The number of alkyl carbamates (subject to hydrolysis) is 1. The minimum Gasteiger partial charge on any atom is -0.453 e. The first-order chi connectivity index (χ1) is 6.70. The molecule has 2 bridgehead atoms. The number of methoxy groups -OCH3 is 1. The van der Waals surface area contributed by atoms with Crippen LogP contribution in [-0.2, 0) is 4.74 Å². The van der Waals surface area contributed by atoms with Crippen LogP contribution in [0, 0.1) is 17.8 Å². The van der Waals surface area contributed by atoms with E-state index in [0.29, 0.717) is 5.92 Å². The minimum atomic E-state index is -0.291. The molecule has 0 saturated heterocycles. The van der Waals surface area contributed by atoms with Gasteiger partial charge < -0.3 is 10.1 Å². The molecule has 0 aromatic carbocycles. The third-order valence-electron chi connectivity index (χ3n) is 3.97. The molecule has 0 heterocycles. The van der Waals surface area contributed by atoms with E-state index in [1.165, 1.54) is 32.8 Å². The first kappa shape index (κ1) is 9.81. The van der Waals surface area contributed by atoms with Crippen molar-refractivity contribution in [3.05, 3.63) is 0 Å². The van der Waals surface area contributed by atoms with Crippen molar-refractivity contribution in [1.82, 2.24) is 5.32 Å². The lowest BCUT2D eigenvalue weighted by Crippen LogP contribution is -2.39. The topological polar surface area (TPSA) is 38.3 Å². The van der Waals surface area contributed by atoms with E-state index in [-0.39, 0.29) is 12.1 Å². The van der Waals surface area contributed by atoms with Crippen LogP contribution in [0.2, 0.25) is 0 Å². The highest BCUT2D eigenvalue weighted by molar-refractivity contribution is 5.67. The zero-order valence-electron chi connectivity index (χ0n) is 8.95. The van der Waals surface area contributed by atoms with E-state index in [2.05, 4.69) is 17.0 Å². The van der Waals surface area contributed by atoms with Crippen molar-refractivity contribution in [1.29, 1.82) is 0 Å². The summed E-state index contributed by atoms with van der Waals surface area (Å²) in [6, 6.07) is 0.276. The van der Waals surface area contributed by atoms with Crippen LogP contribution < -0.4 is 5.32 Å². The summed E-state index contributed by atoms with van der Waals surface area (Å²) in [5.74, 6) is 2.48. The largest absolute Gasteiger partial charge is 0.453 e. The van der Waals surface area contributed by atoms with Crippen molar-refractivity contribution in [2.24, 2.45) is 17.8 Å². The van der Waals surface area contributed by atoms with E-state index in [4.69, 9.17) is 0 Å². The lowest BCUT2D eigenvalue weighted by atomic mass is 9.84. The molecule has 3 heteroatoms. The first-order valence-corrected chi connectivity index (χ1v) is 5.55. The van der Waals surface area contributed by atoms with E-state index >= 15 is 0 Å². The Hall–Kier alpha value is -0.730. The Morgan fingerprint density at radius 3 is 2.71 bits per heavy atom. The SMILES string of the molecule is COC(=O)NC(C)C1CC2CCC1C2. The molecule has 0 aromatic rings. The summed E-state index contributed by atoms with van der Waals surface area (Å²) in [6.07, 6.45) is 5.17. The van der Waals surface area contributed by atoms with Gasteiger partial charge in [-0.3, -0.25) is 0 Å². The Kier molecular flexibility index (Phi) is 2.66. The normalized spacial score (nSPS) is 36.9. The average molecular weight is 197 g/mol. The van der Waals surface area contributed by atoms with Gasteiger partial charge in [0, 0.05) is 6.04 Å². The van der Waals surface area contributed by atoms with Crippen molar-refractivity contribution in [2.75, 3.05) is 7.11 Å². The van der Waals surface area contributed by atoms with E-state index in [9.17, 15) is 4.79 Å². The van der Waals surface area contributed by atoms with Crippen molar-refractivity contribution < 1.29 is 9.53 Å². The number of hydrogen-bond donors (Lipinski definition) is 1. The van der Waals surface area contributed by atoms with Crippen LogP contribution in [0.5, 0.6) is 0 Å². The summed E-state index contributed by atoms with van der Waals surface area (Å²) in [5, 5.41) is 2.90. The predicted octanol–water partition coefficient (Wildman–Crippen LogP) is 2.17. The van der Waals surface area contributed by atoms with Gasteiger partial charge in [-0.2, -0.15) is 0 Å². The van der Waals surface area contributed by atoms with Gasteiger partial charge in [0.05, 0.1) is 7.11 Å². The quantitative estimate of drug-likeness (QED) is 0.736. The molecule has 80 valence electrons. The molecule has 0 spiro atoms. The highest BCUT2D eigenvalue weighted by atomic mass is 16.5. The van der Waals surface area contributed by atoms with E-state index in [1.807, 2.05) is 0 Å². The molecule has 0 radical (unpaired) electrons. The number of carbonyl (C=O) groups excluding carboxylic acids is 1. The Balaban J connectivity index is 1.86. The number of fused-ring (bicyclic) bond motifs is 2. The Morgan fingerprint density at radius 2 is 2.21 bits per heavy atom. The van der Waals surface area contributed by atoms with Crippen molar-refractivity contribution in [3.63, 3.8) is 0 Å². The number of amides is 1. The monoisotopic (exact) mass is 197 g/mol. The molecule has 2 aliphatic carbocycles. The molecule has 1 amide bonds. The number of rotatable bonds is 2. The molecular weight excluding hydrogens is 178 g/mol. The molecule has 14 heavy (non-hydrogen) atoms. The van der Waals surface area contributed by atoms with Gasteiger partial charge in [0.1, 0.15) is 0 Å². The fourth-order valence-corrected chi connectivity index (χ4v) is 3.26. The molecule has 4 unspecified atom stereocenters. The second-order valence-corrected chi connectivity index (χ2v) is 4.76. The highest BCUT2D eigenvalue weighted by Gasteiger charge is 2.42. The number of ether oxygens (including phenoxy) is 1. The van der Waals surface area contributed by atoms with E-state index in [1.54, 1.807) is 0 Å². The lowest BCUT2D eigenvalue weighted by Gasteiger charge is -2.27. The Morgan fingerprint density at radius 1 is 1.43 bits per heavy atom. The average Bonchev–Trinajstić information content (AvgIpc) is 2.78. The molecular formula is C11H19NO2. The summed E-state index contributed by atoms with van der Waals surface area (Å²) in [6.45, 7) is 2.10. The van der Waals surface area contributed by atoms with Crippen LogP contribution in [0.25, 0.3) is 0 Å². The fourth-order valence-electron chi connectivity index (χ4n) is 3.26. The standard InChI is InChI=1S/C11H19NO2/c1-7(12-11(13)14-2)10-6-8-3-4-9(10)5-8/h7-10H,3-6H2,1-2H3,(H,12,13). The van der Waals surface area contributed by atoms with Gasteiger partial charge in [-0.1, -0.05) is 6.42 Å². The van der Waals surface area contributed by atoms with Crippen molar-refractivity contribution >= 4 is 6.09 Å². The summed E-state index contributed by atoms with van der Waals surface area (Å²) >= 11 is 0. The fraction of sp³-hybridized carbons (Fsp3) is 0.909. The maximum absolute atomic E-state index is 11.1. The van der Waals surface area contributed by atoms with E-state index < -0.39 is 0 Å². The molecule has 4 atom stereocenters. The van der Waals surface area contributed by atoms with Gasteiger partial charge >= 0.3 is 6.09 Å². The summed E-state index contributed by atoms with van der Waals surface area (Å²) < 4.78 is 4.61. The predicted molar refractivity (Wildman–Crippen MR) is 53.9 cm³/mol. The third-order valence-corrected chi connectivity index (χ3v) is 3.97. The highest BCUT2D eigenvalue weighted by Crippen LogP contribution is 2.49. The Labute approximate surface area is 85.2 Å². The van der Waals surface area contributed by atoms with Crippen LogP contribution in [0.4, 0.5) is 4.79 Å². The van der Waals surface area contributed by atoms with Crippen LogP contribution in [0.15, 0.2) is 0 Å². The van der Waals surface area contributed by atoms with Crippen LogP contribution in [0.3, 0.4) is 0 Å². The molecule has 0 aromatic heterocycles. The minimum absolute atomic E-state index is 0.276. The molecule has 0 aliphatic heterocycles. The molecule has 2 fully saturated rings. The lowest BCUT2D eigenvalue weighted by molar-refractivity contribution is 0.157. The molecule has 2 aliphatic rings. The Bertz CT molecular complexity index is 229. The van der Waals surface area contributed by atoms with Crippen molar-refractivity contribution in [3.8, 4) is 0 Å². The van der Waals surface area contributed by atoms with Gasteiger partial charge in [-0.25, -0.2) is 4.79 Å². The van der Waals surface area contributed by atoms with Crippen LogP contribution in [0.1, 0.15) is 32.6 Å². The van der Waals surface area contributed by atoms with Gasteiger partial charge in [-0.15, -0.1) is 0 Å². The number of nitrogens with one attached hydrogen (secondary N) is 1. The molecule has 2 saturated carbocycles. The van der Waals surface area contributed by atoms with Crippen molar-refractivity contribution in [2.45, 2.75) is 38.6 Å².